The molecule has 1 atom stereocenters. The number of ether oxygens (including phenoxy) is 1. The van der Waals surface area contributed by atoms with Crippen molar-refractivity contribution in [3.05, 3.63) is 65.7 Å². The van der Waals surface area contributed by atoms with Crippen molar-refractivity contribution in [2.45, 2.75) is 32.9 Å². The molecule has 0 amide bonds. The van der Waals surface area contributed by atoms with Crippen LogP contribution < -0.4 is 10.6 Å². The van der Waals surface area contributed by atoms with Gasteiger partial charge in [0.15, 0.2) is 5.11 Å². The fourth-order valence-electron chi connectivity index (χ4n) is 2.16. The second-order valence-electron chi connectivity index (χ2n) is 5.76. The van der Waals surface area contributed by atoms with Crippen LogP contribution in [-0.2, 0) is 4.74 Å². The standard InChI is InChI=1S/C19H22N2O2S/c1-13(2)23-18(22)16-9-11-17(12-10-16)21-19(24)20-14(3)15-7-5-4-6-8-15/h4-14H,1-3H3,(H2,20,21,24). The van der Waals surface area contributed by atoms with Crippen LogP contribution in [0.4, 0.5) is 5.69 Å². The lowest BCUT2D eigenvalue weighted by atomic mass is 10.1. The van der Waals surface area contributed by atoms with Crippen LogP contribution >= 0.6 is 12.2 Å². The van der Waals surface area contributed by atoms with Gasteiger partial charge in [-0.05, 0) is 62.8 Å². The third kappa shape index (κ3) is 5.35. The van der Waals surface area contributed by atoms with Crippen molar-refractivity contribution >= 4 is 29.0 Å². The Morgan fingerprint density at radius 2 is 1.62 bits per heavy atom. The van der Waals surface area contributed by atoms with Crippen LogP contribution in [0, 0.1) is 0 Å². The summed E-state index contributed by atoms with van der Waals surface area (Å²) in [4.78, 5) is 11.8. The van der Waals surface area contributed by atoms with Crippen molar-refractivity contribution in [2.24, 2.45) is 0 Å². The van der Waals surface area contributed by atoms with Crippen LogP contribution in [0.3, 0.4) is 0 Å². The SMILES string of the molecule is CC(C)OC(=O)c1ccc(NC(=S)NC(C)c2ccccc2)cc1. The molecule has 2 N–H and O–H groups in total. The van der Waals surface area contributed by atoms with Gasteiger partial charge in [0.05, 0.1) is 17.7 Å². The minimum atomic E-state index is -0.324. The number of hydrogen-bond acceptors (Lipinski definition) is 3. The van der Waals surface area contributed by atoms with Crippen molar-refractivity contribution in [3.63, 3.8) is 0 Å². The van der Waals surface area contributed by atoms with Gasteiger partial charge in [-0.25, -0.2) is 4.79 Å². The molecule has 5 heteroatoms. The normalized spacial score (nSPS) is 11.7. The van der Waals surface area contributed by atoms with Gasteiger partial charge in [-0.2, -0.15) is 0 Å². The predicted octanol–water partition coefficient (Wildman–Crippen LogP) is 4.30. The van der Waals surface area contributed by atoms with Gasteiger partial charge in [-0.1, -0.05) is 30.3 Å². The van der Waals surface area contributed by atoms with Gasteiger partial charge in [-0.15, -0.1) is 0 Å². The van der Waals surface area contributed by atoms with E-state index in [-0.39, 0.29) is 18.1 Å². The number of thiocarbonyl (C=S) groups is 1. The zero-order valence-corrected chi connectivity index (χ0v) is 14.9. The maximum atomic E-state index is 11.8. The van der Waals surface area contributed by atoms with Crippen molar-refractivity contribution in [3.8, 4) is 0 Å². The highest BCUT2D eigenvalue weighted by Crippen LogP contribution is 2.14. The smallest absolute Gasteiger partial charge is 0.338 e. The van der Waals surface area contributed by atoms with Crippen LogP contribution in [0.2, 0.25) is 0 Å². The number of carbonyl (C=O) groups is 1. The summed E-state index contributed by atoms with van der Waals surface area (Å²) in [5.74, 6) is -0.324. The molecule has 0 aliphatic carbocycles. The summed E-state index contributed by atoms with van der Waals surface area (Å²) >= 11 is 5.34. The molecule has 2 aromatic carbocycles. The van der Waals surface area contributed by atoms with E-state index >= 15 is 0 Å². The molecule has 2 rings (SSSR count). The quantitative estimate of drug-likeness (QED) is 0.627. The minimum absolute atomic E-state index is 0.103. The summed E-state index contributed by atoms with van der Waals surface area (Å²) in [7, 11) is 0. The molecule has 1 unspecified atom stereocenters. The zero-order chi connectivity index (χ0) is 17.5. The van der Waals surface area contributed by atoms with E-state index in [2.05, 4.69) is 22.8 Å². The Morgan fingerprint density at radius 3 is 2.21 bits per heavy atom. The molecule has 0 heterocycles. The molecule has 2 aromatic rings. The number of carbonyl (C=O) groups excluding carboxylic acids is 1. The molecule has 0 aliphatic heterocycles. The molecular formula is C19H22N2O2S. The van der Waals surface area contributed by atoms with Crippen molar-refractivity contribution in [1.29, 1.82) is 0 Å². The van der Waals surface area contributed by atoms with Gasteiger partial charge >= 0.3 is 5.97 Å². The summed E-state index contributed by atoms with van der Waals surface area (Å²) in [6.45, 7) is 5.70. The summed E-state index contributed by atoms with van der Waals surface area (Å²) in [5, 5.41) is 6.89. The van der Waals surface area contributed by atoms with E-state index in [1.165, 1.54) is 0 Å². The molecule has 0 saturated carbocycles. The fraction of sp³-hybridized carbons (Fsp3) is 0.263. The first kappa shape index (κ1) is 17.9. The minimum Gasteiger partial charge on any atom is -0.459 e. The summed E-state index contributed by atoms with van der Waals surface area (Å²) < 4.78 is 5.16. The van der Waals surface area contributed by atoms with Crippen molar-refractivity contribution in [2.75, 3.05) is 5.32 Å². The van der Waals surface area contributed by atoms with Gasteiger partial charge in [0.1, 0.15) is 0 Å². The van der Waals surface area contributed by atoms with E-state index in [0.29, 0.717) is 10.7 Å². The number of esters is 1. The molecule has 0 saturated heterocycles. The highest BCUT2D eigenvalue weighted by Gasteiger charge is 2.10. The highest BCUT2D eigenvalue weighted by molar-refractivity contribution is 7.80. The summed E-state index contributed by atoms with van der Waals surface area (Å²) in [5.41, 5.74) is 2.49. The summed E-state index contributed by atoms with van der Waals surface area (Å²) in [6, 6.07) is 17.2. The largest absolute Gasteiger partial charge is 0.459 e. The Morgan fingerprint density at radius 1 is 1.00 bits per heavy atom. The molecular weight excluding hydrogens is 320 g/mol. The number of hydrogen-bond donors (Lipinski definition) is 2. The Labute approximate surface area is 148 Å². The number of anilines is 1. The highest BCUT2D eigenvalue weighted by atomic mass is 32.1. The van der Waals surface area contributed by atoms with Crippen molar-refractivity contribution in [1.82, 2.24) is 5.32 Å². The van der Waals surface area contributed by atoms with E-state index < -0.39 is 0 Å². The molecule has 126 valence electrons. The predicted molar refractivity (Wildman–Crippen MR) is 101 cm³/mol. The Hall–Kier alpha value is -2.40. The molecule has 0 aromatic heterocycles. The molecule has 0 fully saturated rings. The van der Waals surface area contributed by atoms with Crippen LogP contribution in [0.25, 0.3) is 0 Å². The Kier molecular flexibility index (Phi) is 6.32. The molecule has 0 radical (unpaired) electrons. The number of benzene rings is 2. The molecule has 0 spiro atoms. The average molecular weight is 342 g/mol. The second kappa shape index (κ2) is 8.45. The van der Waals surface area contributed by atoms with Crippen LogP contribution in [0.1, 0.15) is 42.7 Å². The first-order valence-corrected chi connectivity index (χ1v) is 8.30. The average Bonchev–Trinajstić information content (AvgIpc) is 2.55. The van der Waals surface area contributed by atoms with E-state index in [0.717, 1.165) is 11.3 Å². The Bertz CT molecular complexity index is 684. The lowest BCUT2D eigenvalue weighted by Crippen LogP contribution is -2.30. The van der Waals surface area contributed by atoms with Gasteiger partial charge in [-0.3, -0.25) is 0 Å². The van der Waals surface area contributed by atoms with E-state index in [9.17, 15) is 4.79 Å². The number of nitrogens with one attached hydrogen (secondary N) is 2. The third-order valence-electron chi connectivity index (χ3n) is 3.37. The van der Waals surface area contributed by atoms with E-state index in [1.807, 2.05) is 39.0 Å². The van der Waals surface area contributed by atoms with E-state index in [1.54, 1.807) is 24.3 Å². The zero-order valence-electron chi connectivity index (χ0n) is 14.1. The lowest BCUT2D eigenvalue weighted by molar-refractivity contribution is 0.0378. The Balaban J connectivity index is 1.91. The van der Waals surface area contributed by atoms with Crippen LogP contribution in [-0.4, -0.2) is 17.2 Å². The van der Waals surface area contributed by atoms with Crippen LogP contribution in [0.15, 0.2) is 54.6 Å². The maximum Gasteiger partial charge on any atom is 0.338 e. The van der Waals surface area contributed by atoms with Gasteiger partial charge in [0.25, 0.3) is 0 Å². The first-order valence-electron chi connectivity index (χ1n) is 7.89. The lowest BCUT2D eigenvalue weighted by Gasteiger charge is -2.17. The molecule has 0 bridgehead atoms. The van der Waals surface area contributed by atoms with E-state index in [4.69, 9.17) is 17.0 Å². The first-order chi connectivity index (χ1) is 11.5. The fourth-order valence-corrected chi connectivity index (χ4v) is 2.46. The monoisotopic (exact) mass is 342 g/mol. The second-order valence-corrected chi connectivity index (χ2v) is 6.17. The molecule has 0 aliphatic rings. The van der Waals surface area contributed by atoms with Gasteiger partial charge < -0.3 is 15.4 Å². The van der Waals surface area contributed by atoms with Crippen LogP contribution in [0.5, 0.6) is 0 Å². The maximum absolute atomic E-state index is 11.8. The van der Waals surface area contributed by atoms with Gasteiger partial charge in [0.2, 0.25) is 0 Å². The molecule has 4 nitrogen and oxygen atoms in total. The molecule has 24 heavy (non-hydrogen) atoms. The summed E-state index contributed by atoms with van der Waals surface area (Å²) in [6.07, 6.45) is -0.133. The van der Waals surface area contributed by atoms with Crippen molar-refractivity contribution < 1.29 is 9.53 Å². The third-order valence-corrected chi connectivity index (χ3v) is 3.59. The number of rotatable bonds is 5. The van der Waals surface area contributed by atoms with Gasteiger partial charge in [0, 0.05) is 5.69 Å². The topological polar surface area (TPSA) is 50.4 Å².